The molecule has 0 saturated heterocycles. The minimum Gasteiger partial charge on any atom is -0.497 e. The van der Waals surface area contributed by atoms with Crippen LogP contribution in [0.4, 0.5) is 5.69 Å². The molecule has 0 heterocycles. The van der Waals surface area contributed by atoms with Gasteiger partial charge >= 0.3 is 0 Å². The second kappa shape index (κ2) is 14.5. The summed E-state index contributed by atoms with van der Waals surface area (Å²) < 4.78 is 39.7. The average molecular weight is 582 g/mol. The smallest absolute Gasteiger partial charge is 0.264 e. The van der Waals surface area contributed by atoms with Crippen LogP contribution in [-0.2, 0) is 26.2 Å². The Bertz CT molecular complexity index is 1400. The third-order valence-electron chi connectivity index (χ3n) is 6.70. The van der Waals surface area contributed by atoms with E-state index in [1.807, 2.05) is 26.8 Å². The van der Waals surface area contributed by atoms with Crippen molar-refractivity contribution >= 4 is 27.5 Å². The van der Waals surface area contributed by atoms with Gasteiger partial charge in [0.2, 0.25) is 11.8 Å². The monoisotopic (exact) mass is 581 g/mol. The van der Waals surface area contributed by atoms with Gasteiger partial charge in [-0.3, -0.25) is 13.9 Å². The summed E-state index contributed by atoms with van der Waals surface area (Å²) in [5, 5.41) is 2.93. The van der Waals surface area contributed by atoms with E-state index >= 15 is 0 Å². The van der Waals surface area contributed by atoms with Gasteiger partial charge in [0.05, 0.1) is 24.3 Å². The van der Waals surface area contributed by atoms with Crippen LogP contribution in [0.5, 0.6) is 11.5 Å². The van der Waals surface area contributed by atoms with Gasteiger partial charge in [0.25, 0.3) is 10.0 Å². The van der Waals surface area contributed by atoms with Crippen molar-refractivity contribution in [3.05, 3.63) is 84.4 Å². The molecule has 1 N–H and O–H groups in total. The molecule has 0 saturated carbocycles. The molecule has 0 aliphatic carbocycles. The van der Waals surface area contributed by atoms with Crippen LogP contribution in [0.3, 0.4) is 0 Å². The molecule has 0 aliphatic rings. The molecule has 10 heteroatoms. The lowest BCUT2D eigenvalue weighted by atomic mass is 10.1. The number of para-hydroxylation sites is 1. The molecule has 0 radical (unpaired) electrons. The molecule has 3 rings (SSSR count). The zero-order valence-corrected chi connectivity index (χ0v) is 25.1. The molecule has 9 nitrogen and oxygen atoms in total. The van der Waals surface area contributed by atoms with E-state index < -0.39 is 28.5 Å². The number of methoxy groups -OCH3 is 1. The maximum atomic E-state index is 14.0. The number of hydrogen-bond donors (Lipinski definition) is 1. The van der Waals surface area contributed by atoms with Crippen molar-refractivity contribution in [2.24, 2.45) is 0 Å². The van der Waals surface area contributed by atoms with Gasteiger partial charge in [-0.15, -0.1) is 0 Å². The van der Waals surface area contributed by atoms with E-state index in [1.165, 1.54) is 17.0 Å². The number of carbonyl (C=O) groups is 2. The van der Waals surface area contributed by atoms with E-state index in [0.717, 1.165) is 16.3 Å². The van der Waals surface area contributed by atoms with Gasteiger partial charge in [-0.05, 0) is 81.3 Å². The van der Waals surface area contributed by atoms with Gasteiger partial charge in [0, 0.05) is 12.6 Å². The molecule has 2 atom stereocenters. The summed E-state index contributed by atoms with van der Waals surface area (Å²) in [5.74, 6) is 0.296. The van der Waals surface area contributed by atoms with Crippen molar-refractivity contribution in [2.75, 3.05) is 24.6 Å². The first-order valence-electron chi connectivity index (χ1n) is 13.6. The summed E-state index contributed by atoms with van der Waals surface area (Å²) >= 11 is 0. The summed E-state index contributed by atoms with van der Waals surface area (Å²) in [6.45, 7) is 7.35. The van der Waals surface area contributed by atoms with Gasteiger partial charge < -0.3 is 19.7 Å². The number of carbonyl (C=O) groups excluding carboxylic acids is 2. The standard InChI is InChI=1S/C31H39N3O6S/c1-6-23(3)32-31(36)24(4)33(21-25-12-11-15-28(20-25)39-5)30(35)22-34(26-13-9-8-10-14-26)41(37,38)29-18-16-27(17-19-29)40-7-2/h8-20,23-24H,6-7,21-22H2,1-5H3,(H,32,36)/t23-,24+/m0/s1. The number of nitrogens with zero attached hydrogens (tertiary/aromatic N) is 2. The first-order chi connectivity index (χ1) is 19.6. The molecule has 0 aliphatic heterocycles. The molecular formula is C31H39N3O6S. The SMILES string of the molecule is CCOc1ccc(S(=O)(=O)N(CC(=O)N(Cc2cccc(OC)c2)[C@H](C)C(=O)N[C@@H](C)CC)c2ccccc2)cc1. The molecule has 41 heavy (non-hydrogen) atoms. The highest BCUT2D eigenvalue weighted by Crippen LogP contribution is 2.26. The van der Waals surface area contributed by atoms with Crippen molar-refractivity contribution in [3.8, 4) is 11.5 Å². The number of ether oxygens (including phenoxy) is 2. The Morgan fingerprint density at radius 2 is 1.59 bits per heavy atom. The fourth-order valence-electron chi connectivity index (χ4n) is 4.14. The molecule has 220 valence electrons. The Morgan fingerprint density at radius 1 is 0.902 bits per heavy atom. The molecule has 0 bridgehead atoms. The lowest BCUT2D eigenvalue weighted by Gasteiger charge is -2.32. The topological polar surface area (TPSA) is 105 Å². The normalized spacial score (nSPS) is 12.6. The molecule has 0 unspecified atom stereocenters. The Balaban J connectivity index is 2.00. The van der Waals surface area contributed by atoms with Gasteiger partial charge in [-0.25, -0.2) is 8.42 Å². The summed E-state index contributed by atoms with van der Waals surface area (Å²) in [7, 11) is -2.61. The van der Waals surface area contributed by atoms with E-state index in [-0.39, 0.29) is 23.4 Å². The number of sulfonamides is 1. The van der Waals surface area contributed by atoms with Crippen molar-refractivity contribution in [1.82, 2.24) is 10.2 Å². The number of amides is 2. The van der Waals surface area contributed by atoms with Crippen LogP contribution in [0.2, 0.25) is 0 Å². The number of anilines is 1. The largest absolute Gasteiger partial charge is 0.497 e. The van der Waals surface area contributed by atoms with E-state index in [4.69, 9.17) is 9.47 Å². The number of nitrogens with one attached hydrogen (secondary N) is 1. The molecule has 0 aromatic heterocycles. The van der Waals surface area contributed by atoms with Crippen molar-refractivity contribution in [2.45, 2.75) is 57.6 Å². The fourth-order valence-corrected chi connectivity index (χ4v) is 5.55. The second-order valence-corrected chi connectivity index (χ2v) is 11.5. The van der Waals surface area contributed by atoms with Crippen LogP contribution < -0.4 is 19.1 Å². The van der Waals surface area contributed by atoms with Crippen molar-refractivity contribution in [3.63, 3.8) is 0 Å². The molecule has 2 amide bonds. The predicted octanol–water partition coefficient (Wildman–Crippen LogP) is 4.62. The van der Waals surface area contributed by atoms with Crippen LogP contribution in [0, 0.1) is 0 Å². The first-order valence-corrected chi connectivity index (χ1v) is 15.1. The molecule has 0 spiro atoms. The summed E-state index contributed by atoms with van der Waals surface area (Å²) in [5.41, 5.74) is 1.06. The van der Waals surface area contributed by atoms with Gasteiger partial charge in [-0.1, -0.05) is 37.3 Å². The number of benzene rings is 3. The fraction of sp³-hybridized carbons (Fsp3) is 0.355. The van der Waals surface area contributed by atoms with Crippen molar-refractivity contribution in [1.29, 1.82) is 0 Å². The summed E-state index contributed by atoms with van der Waals surface area (Å²) in [4.78, 5) is 28.6. The first kappa shape index (κ1) is 31.5. The maximum Gasteiger partial charge on any atom is 0.264 e. The quantitative estimate of drug-likeness (QED) is 0.298. The zero-order chi connectivity index (χ0) is 30.0. The predicted molar refractivity (Wildman–Crippen MR) is 159 cm³/mol. The third-order valence-corrected chi connectivity index (χ3v) is 8.49. The highest BCUT2D eigenvalue weighted by molar-refractivity contribution is 7.92. The van der Waals surface area contributed by atoms with Crippen LogP contribution in [0.25, 0.3) is 0 Å². The van der Waals surface area contributed by atoms with Crippen LogP contribution in [-0.4, -0.2) is 57.5 Å². The van der Waals surface area contributed by atoms with Crippen molar-refractivity contribution < 1.29 is 27.5 Å². The average Bonchev–Trinajstić information content (AvgIpc) is 2.99. The van der Waals surface area contributed by atoms with E-state index in [1.54, 1.807) is 74.7 Å². The molecule has 0 fully saturated rings. The maximum absolute atomic E-state index is 14.0. The van der Waals surface area contributed by atoms with E-state index in [2.05, 4.69) is 5.32 Å². The third kappa shape index (κ3) is 8.23. The highest BCUT2D eigenvalue weighted by atomic mass is 32.2. The lowest BCUT2D eigenvalue weighted by Crippen LogP contribution is -2.52. The van der Waals surface area contributed by atoms with Crippen LogP contribution in [0.15, 0.2) is 83.8 Å². The summed E-state index contributed by atoms with van der Waals surface area (Å²) in [6.07, 6.45) is 0.727. The Labute approximate surface area is 243 Å². The van der Waals surface area contributed by atoms with E-state index in [9.17, 15) is 18.0 Å². The zero-order valence-electron chi connectivity index (χ0n) is 24.2. The Morgan fingerprint density at radius 3 is 2.20 bits per heavy atom. The van der Waals surface area contributed by atoms with Crippen LogP contribution in [0.1, 0.15) is 39.7 Å². The number of rotatable bonds is 14. The van der Waals surface area contributed by atoms with Crippen LogP contribution >= 0.6 is 0 Å². The van der Waals surface area contributed by atoms with Gasteiger partial charge in [0.15, 0.2) is 0 Å². The summed E-state index contributed by atoms with van der Waals surface area (Å²) in [6, 6.07) is 20.8. The molecule has 3 aromatic rings. The van der Waals surface area contributed by atoms with Gasteiger partial charge in [0.1, 0.15) is 24.1 Å². The minimum atomic E-state index is -4.16. The number of hydrogen-bond acceptors (Lipinski definition) is 6. The Kier molecular flexibility index (Phi) is 11.2. The highest BCUT2D eigenvalue weighted by Gasteiger charge is 2.32. The lowest BCUT2D eigenvalue weighted by molar-refractivity contribution is -0.139. The second-order valence-electron chi connectivity index (χ2n) is 9.62. The Hall–Kier alpha value is -4.05. The molecular weight excluding hydrogens is 542 g/mol. The van der Waals surface area contributed by atoms with Gasteiger partial charge in [-0.2, -0.15) is 0 Å². The van der Waals surface area contributed by atoms with E-state index in [0.29, 0.717) is 23.8 Å². The minimum absolute atomic E-state index is 0.0134. The molecule has 3 aromatic carbocycles.